The van der Waals surface area contributed by atoms with E-state index in [1.54, 1.807) is 25.2 Å². The first kappa shape index (κ1) is 20.6. The molecule has 0 radical (unpaired) electrons. The fourth-order valence-corrected chi connectivity index (χ4v) is 3.93. The molecule has 0 heterocycles. The first-order valence-corrected chi connectivity index (χ1v) is 9.87. The van der Waals surface area contributed by atoms with Gasteiger partial charge in [-0.3, -0.25) is 14.4 Å². The zero-order chi connectivity index (χ0) is 20.8. The van der Waals surface area contributed by atoms with Crippen LogP contribution in [0, 0.1) is 11.3 Å². The molecule has 3 rings (SSSR count). The van der Waals surface area contributed by atoms with Crippen molar-refractivity contribution >= 4 is 29.0 Å². The van der Waals surface area contributed by atoms with Crippen LogP contribution in [0.25, 0.3) is 0 Å². The molecule has 0 unspecified atom stereocenters. The Balaban J connectivity index is 2.17. The summed E-state index contributed by atoms with van der Waals surface area (Å²) in [5.41, 5.74) is 0.796. The Kier molecular flexibility index (Phi) is 5.41. The minimum atomic E-state index is -0.558. The number of hydrogen-bond donors (Lipinski definition) is 0. The quantitative estimate of drug-likeness (QED) is 0.309. The van der Waals surface area contributed by atoms with Crippen LogP contribution in [0.3, 0.4) is 0 Å². The van der Waals surface area contributed by atoms with Gasteiger partial charge in [-0.15, -0.1) is 0 Å². The topological polar surface area (TPSA) is 63.7 Å². The molecule has 0 amide bonds. The molecule has 0 N–H and O–H groups in total. The predicted molar refractivity (Wildman–Crippen MR) is 108 cm³/mol. The molecule has 1 fully saturated rings. The maximum Gasteiger partial charge on any atom is 0.201 e. The molecule has 1 saturated carbocycles. The second-order valence-electron chi connectivity index (χ2n) is 8.48. The van der Waals surface area contributed by atoms with Gasteiger partial charge in [-0.1, -0.05) is 25.4 Å². The number of nitrogens with zero attached hydrogens (tertiary/aromatic N) is 1. The molecule has 0 saturated heterocycles. The Morgan fingerprint density at radius 1 is 1.29 bits per heavy atom. The molecule has 6 heteroatoms. The van der Waals surface area contributed by atoms with Crippen molar-refractivity contribution in [1.29, 1.82) is 0 Å². The molecule has 5 nitrogen and oxygen atoms in total. The highest BCUT2D eigenvalue weighted by Crippen LogP contribution is 2.44. The van der Waals surface area contributed by atoms with Gasteiger partial charge in [0.2, 0.25) is 5.78 Å². The maximum absolute atomic E-state index is 13.4. The molecule has 2 aliphatic carbocycles. The zero-order valence-electron chi connectivity index (χ0n) is 17.0. The average Bonchev–Trinajstić information content (AvgIpc) is 3.46. The molecule has 0 aliphatic heterocycles. The van der Waals surface area contributed by atoms with Crippen LogP contribution in [-0.2, 0) is 11.2 Å². The van der Waals surface area contributed by atoms with E-state index in [4.69, 9.17) is 16.3 Å². The second-order valence-corrected chi connectivity index (χ2v) is 8.89. The summed E-state index contributed by atoms with van der Waals surface area (Å²) in [6, 6.07) is 1.54. The molecule has 0 bridgehead atoms. The van der Waals surface area contributed by atoms with Gasteiger partial charge in [-0.05, 0) is 37.3 Å². The Morgan fingerprint density at radius 2 is 1.93 bits per heavy atom. The van der Waals surface area contributed by atoms with E-state index in [1.165, 1.54) is 13.2 Å². The molecule has 1 aromatic rings. The summed E-state index contributed by atoms with van der Waals surface area (Å²) in [6.07, 6.45) is 4.46. The first-order chi connectivity index (χ1) is 13.1. The fourth-order valence-electron chi connectivity index (χ4n) is 3.63. The van der Waals surface area contributed by atoms with E-state index in [0.29, 0.717) is 29.0 Å². The van der Waals surface area contributed by atoms with Crippen molar-refractivity contribution in [2.45, 2.75) is 39.5 Å². The number of carbonyl (C=O) groups is 3. The number of hydrogen-bond acceptors (Lipinski definition) is 5. The van der Waals surface area contributed by atoms with Gasteiger partial charge in [0.15, 0.2) is 11.6 Å². The number of allylic oxidation sites excluding steroid dienone is 1. The highest BCUT2D eigenvalue weighted by molar-refractivity contribution is 6.34. The average molecular weight is 404 g/mol. The third-order valence-electron chi connectivity index (χ3n) is 5.47. The zero-order valence-corrected chi connectivity index (χ0v) is 17.8. The van der Waals surface area contributed by atoms with Crippen LogP contribution < -0.4 is 4.74 Å². The predicted octanol–water partition coefficient (Wildman–Crippen LogP) is 4.11. The lowest BCUT2D eigenvalue weighted by Crippen LogP contribution is -2.31. The van der Waals surface area contributed by atoms with Crippen molar-refractivity contribution in [2.24, 2.45) is 11.3 Å². The Labute approximate surface area is 170 Å². The van der Waals surface area contributed by atoms with Gasteiger partial charge in [0.05, 0.1) is 23.8 Å². The smallest absolute Gasteiger partial charge is 0.201 e. The Morgan fingerprint density at radius 3 is 2.46 bits per heavy atom. The summed E-state index contributed by atoms with van der Waals surface area (Å²) in [5.74, 6) is -0.594. The lowest BCUT2D eigenvalue weighted by Gasteiger charge is -2.31. The van der Waals surface area contributed by atoms with Crippen molar-refractivity contribution in [3.63, 3.8) is 0 Å². The van der Waals surface area contributed by atoms with E-state index in [9.17, 15) is 14.4 Å². The number of Topliss-reactive ketones (excluding diaryl/α,β-unsaturated/α-hetero) is 3. The van der Waals surface area contributed by atoms with Gasteiger partial charge < -0.3 is 9.64 Å². The molecule has 28 heavy (non-hydrogen) atoms. The van der Waals surface area contributed by atoms with Gasteiger partial charge in [0.1, 0.15) is 5.75 Å². The van der Waals surface area contributed by atoms with Gasteiger partial charge in [-0.2, -0.15) is 0 Å². The summed E-state index contributed by atoms with van der Waals surface area (Å²) in [5, 5.41) is 0.367. The SMILES string of the molecule is COc1c(C(=O)/C(=C/N(C)C)C(=O)C2CC2)cc(Cl)c2c1C(=O)C(C)(C)CC2. The lowest BCUT2D eigenvalue weighted by molar-refractivity contribution is -0.116. The highest BCUT2D eigenvalue weighted by Gasteiger charge is 2.41. The molecule has 0 atom stereocenters. The minimum Gasteiger partial charge on any atom is -0.495 e. The van der Waals surface area contributed by atoms with Crippen molar-refractivity contribution in [1.82, 2.24) is 4.90 Å². The number of fused-ring (bicyclic) bond motifs is 1. The van der Waals surface area contributed by atoms with Crippen LogP contribution in [0.4, 0.5) is 0 Å². The number of benzene rings is 1. The molecule has 0 spiro atoms. The number of methoxy groups -OCH3 is 1. The molecular formula is C22H26ClNO4. The number of halogens is 1. The van der Waals surface area contributed by atoms with Crippen molar-refractivity contribution in [3.05, 3.63) is 39.6 Å². The van der Waals surface area contributed by atoms with Crippen LogP contribution >= 0.6 is 11.6 Å². The number of ketones is 3. The van der Waals surface area contributed by atoms with E-state index in [2.05, 4.69) is 0 Å². The van der Waals surface area contributed by atoms with Crippen LogP contribution in [0.5, 0.6) is 5.75 Å². The van der Waals surface area contributed by atoms with Crippen molar-refractivity contribution in [3.8, 4) is 5.75 Å². The monoisotopic (exact) mass is 403 g/mol. The Hall–Kier alpha value is -2.14. The largest absolute Gasteiger partial charge is 0.495 e. The second kappa shape index (κ2) is 7.36. The summed E-state index contributed by atoms with van der Waals surface area (Å²) in [4.78, 5) is 40.9. The van der Waals surface area contributed by atoms with Gasteiger partial charge in [-0.25, -0.2) is 0 Å². The van der Waals surface area contributed by atoms with E-state index < -0.39 is 11.2 Å². The maximum atomic E-state index is 13.4. The van der Waals surface area contributed by atoms with Crippen LogP contribution in [-0.4, -0.2) is 43.5 Å². The standard InChI is InChI=1S/C22H26ClNO4/c1-22(2)9-8-13-16(23)10-14(20(28-5)17(13)21(22)27)19(26)15(11-24(3)4)18(25)12-6-7-12/h10-12H,6-9H2,1-5H3/b15-11+. The number of carbonyl (C=O) groups excluding carboxylic acids is 3. The van der Waals surface area contributed by atoms with E-state index in [0.717, 1.165) is 12.8 Å². The Bertz CT molecular complexity index is 894. The van der Waals surface area contributed by atoms with Crippen LogP contribution in [0.2, 0.25) is 5.02 Å². The summed E-state index contributed by atoms with van der Waals surface area (Å²) in [7, 11) is 4.96. The normalized spacial score (nSPS) is 18.5. The number of rotatable bonds is 6. The molecular weight excluding hydrogens is 378 g/mol. The first-order valence-electron chi connectivity index (χ1n) is 9.49. The summed E-state index contributed by atoms with van der Waals surface area (Å²) < 4.78 is 5.54. The van der Waals surface area contributed by atoms with E-state index in [-0.39, 0.29) is 34.4 Å². The van der Waals surface area contributed by atoms with E-state index >= 15 is 0 Å². The third-order valence-corrected chi connectivity index (χ3v) is 5.81. The van der Waals surface area contributed by atoms with Gasteiger partial charge in [0, 0.05) is 36.7 Å². The molecule has 150 valence electrons. The van der Waals surface area contributed by atoms with Crippen molar-refractivity contribution < 1.29 is 19.1 Å². The number of ether oxygens (including phenoxy) is 1. The van der Waals surface area contributed by atoms with E-state index in [1.807, 2.05) is 13.8 Å². The van der Waals surface area contributed by atoms with Gasteiger partial charge >= 0.3 is 0 Å². The lowest BCUT2D eigenvalue weighted by atomic mass is 9.72. The van der Waals surface area contributed by atoms with Crippen molar-refractivity contribution in [2.75, 3.05) is 21.2 Å². The minimum absolute atomic E-state index is 0.0891. The highest BCUT2D eigenvalue weighted by atomic mass is 35.5. The molecule has 0 aromatic heterocycles. The van der Waals surface area contributed by atoms with Gasteiger partial charge in [0.25, 0.3) is 0 Å². The van der Waals surface area contributed by atoms with Crippen LogP contribution in [0.1, 0.15) is 59.4 Å². The molecule has 1 aromatic carbocycles. The molecule has 2 aliphatic rings. The fraction of sp³-hybridized carbons (Fsp3) is 0.500. The summed E-state index contributed by atoms with van der Waals surface area (Å²) >= 11 is 6.47. The van der Waals surface area contributed by atoms with Crippen LogP contribution in [0.15, 0.2) is 17.8 Å². The summed E-state index contributed by atoms with van der Waals surface area (Å²) in [6.45, 7) is 3.77. The third kappa shape index (κ3) is 3.60.